The molecule has 1 fully saturated rings. The lowest BCUT2D eigenvalue weighted by atomic mass is 10.1. The molecule has 0 aromatic heterocycles. The molecule has 0 heterocycles. The molecule has 2 nitrogen and oxygen atoms in total. The fourth-order valence-corrected chi connectivity index (χ4v) is 2.04. The molecule has 1 aromatic rings. The smallest absolute Gasteiger partial charge is 0.0747 e. The average Bonchev–Trinajstić information content (AvgIpc) is 2.97. The molecule has 2 rings (SSSR count). The average molecular weight is 265 g/mol. The number of nitriles is 1. The van der Waals surface area contributed by atoms with Gasteiger partial charge in [0.25, 0.3) is 0 Å². The normalized spacial score (nSPS) is 16.9. The summed E-state index contributed by atoms with van der Waals surface area (Å²) in [5.41, 5.74) is 2.25. The molecule has 0 amide bonds. The van der Waals surface area contributed by atoms with Gasteiger partial charge in [-0.25, -0.2) is 0 Å². The van der Waals surface area contributed by atoms with E-state index in [1.54, 1.807) is 0 Å². The minimum atomic E-state index is -0.0838. The molecule has 0 spiro atoms. The van der Waals surface area contributed by atoms with Crippen molar-refractivity contribution in [2.75, 3.05) is 11.9 Å². The summed E-state index contributed by atoms with van der Waals surface area (Å²) < 4.78 is 1.09. The molecule has 0 saturated heterocycles. The Bertz CT molecular complexity index is 416. The maximum absolute atomic E-state index is 8.95. The SMILES string of the molecule is Cc1cc(Br)ccc1NCC1(C#N)CC1. The monoisotopic (exact) mass is 264 g/mol. The summed E-state index contributed by atoms with van der Waals surface area (Å²) in [5, 5.41) is 12.3. The molecule has 1 saturated carbocycles. The maximum Gasteiger partial charge on any atom is 0.0747 e. The molecule has 1 N–H and O–H groups in total. The van der Waals surface area contributed by atoms with Crippen LogP contribution in [0.3, 0.4) is 0 Å². The predicted octanol–water partition coefficient (Wildman–Crippen LogP) is 3.47. The molecular weight excluding hydrogens is 252 g/mol. The number of rotatable bonds is 3. The lowest BCUT2D eigenvalue weighted by Crippen LogP contribution is -2.13. The van der Waals surface area contributed by atoms with Crippen molar-refractivity contribution >= 4 is 21.6 Å². The summed E-state index contributed by atoms with van der Waals surface area (Å²) in [7, 11) is 0. The van der Waals surface area contributed by atoms with Gasteiger partial charge in [0, 0.05) is 16.7 Å². The number of anilines is 1. The standard InChI is InChI=1S/C12H13BrN2/c1-9-6-10(13)2-3-11(9)15-8-12(7-14)4-5-12/h2-3,6,15H,4-5,8H2,1H3. The number of hydrogen-bond acceptors (Lipinski definition) is 2. The summed E-state index contributed by atoms with van der Waals surface area (Å²) >= 11 is 3.43. The lowest BCUT2D eigenvalue weighted by Gasteiger charge is -2.12. The summed E-state index contributed by atoms with van der Waals surface area (Å²) in [6, 6.07) is 8.52. The van der Waals surface area contributed by atoms with E-state index in [0.29, 0.717) is 0 Å². The van der Waals surface area contributed by atoms with Gasteiger partial charge in [-0.15, -0.1) is 0 Å². The second-order valence-corrected chi connectivity index (χ2v) is 5.12. The van der Waals surface area contributed by atoms with E-state index in [0.717, 1.165) is 29.5 Å². The van der Waals surface area contributed by atoms with Crippen LogP contribution in [0.5, 0.6) is 0 Å². The van der Waals surface area contributed by atoms with Crippen molar-refractivity contribution in [1.29, 1.82) is 5.26 Å². The van der Waals surface area contributed by atoms with Crippen molar-refractivity contribution in [1.82, 2.24) is 0 Å². The Hall–Kier alpha value is -1.01. The van der Waals surface area contributed by atoms with Crippen LogP contribution < -0.4 is 5.32 Å². The highest BCUT2D eigenvalue weighted by Gasteiger charge is 2.42. The summed E-state index contributed by atoms with van der Waals surface area (Å²) in [6.07, 6.45) is 2.07. The van der Waals surface area contributed by atoms with Crippen molar-refractivity contribution in [3.8, 4) is 6.07 Å². The van der Waals surface area contributed by atoms with Crippen LogP contribution in [0, 0.1) is 23.7 Å². The van der Waals surface area contributed by atoms with Crippen LogP contribution in [-0.4, -0.2) is 6.54 Å². The second-order valence-electron chi connectivity index (χ2n) is 4.20. The highest BCUT2D eigenvalue weighted by Crippen LogP contribution is 2.44. The predicted molar refractivity (Wildman–Crippen MR) is 64.6 cm³/mol. The van der Waals surface area contributed by atoms with Crippen LogP contribution in [-0.2, 0) is 0 Å². The van der Waals surface area contributed by atoms with E-state index in [-0.39, 0.29) is 5.41 Å². The van der Waals surface area contributed by atoms with E-state index in [1.165, 1.54) is 5.56 Å². The fourth-order valence-electron chi connectivity index (χ4n) is 1.57. The van der Waals surface area contributed by atoms with Crippen LogP contribution >= 0.6 is 15.9 Å². The zero-order chi connectivity index (χ0) is 10.9. The first kappa shape index (κ1) is 10.5. The first-order valence-electron chi connectivity index (χ1n) is 5.06. The van der Waals surface area contributed by atoms with E-state index in [1.807, 2.05) is 12.1 Å². The Morgan fingerprint density at radius 1 is 1.53 bits per heavy atom. The van der Waals surface area contributed by atoms with Crippen LogP contribution in [0.1, 0.15) is 18.4 Å². The molecule has 1 aliphatic carbocycles. The lowest BCUT2D eigenvalue weighted by molar-refractivity contribution is 0.711. The highest BCUT2D eigenvalue weighted by molar-refractivity contribution is 9.10. The van der Waals surface area contributed by atoms with Crippen LogP contribution in [0.4, 0.5) is 5.69 Å². The zero-order valence-corrected chi connectivity index (χ0v) is 10.3. The van der Waals surface area contributed by atoms with Crippen LogP contribution in [0.2, 0.25) is 0 Å². The van der Waals surface area contributed by atoms with Gasteiger partial charge in [0.05, 0.1) is 11.5 Å². The van der Waals surface area contributed by atoms with Gasteiger partial charge in [-0.1, -0.05) is 15.9 Å². The Balaban J connectivity index is 2.03. The summed E-state index contributed by atoms with van der Waals surface area (Å²) in [4.78, 5) is 0. The fraction of sp³-hybridized carbons (Fsp3) is 0.417. The molecule has 0 atom stereocenters. The van der Waals surface area contributed by atoms with Crippen LogP contribution in [0.25, 0.3) is 0 Å². The van der Waals surface area contributed by atoms with E-state index in [9.17, 15) is 0 Å². The topological polar surface area (TPSA) is 35.8 Å². The summed E-state index contributed by atoms with van der Waals surface area (Å²) in [6.45, 7) is 2.84. The van der Waals surface area contributed by atoms with Gasteiger partial charge in [-0.05, 0) is 43.5 Å². The quantitative estimate of drug-likeness (QED) is 0.908. The molecule has 1 aromatic carbocycles. The Kier molecular flexibility index (Phi) is 2.70. The van der Waals surface area contributed by atoms with E-state index in [4.69, 9.17) is 5.26 Å². The van der Waals surface area contributed by atoms with E-state index < -0.39 is 0 Å². The molecule has 1 aliphatic rings. The Morgan fingerprint density at radius 2 is 2.27 bits per heavy atom. The largest absolute Gasteiger partial charge is 0.383 e. The maximum atomic E-state index is 8.95. The van der Waals surface area contributed by atoms with Gasteiger partial charge < -0.3 is 5.32 Å². The second kappa shape index (κ2) is 3.86. The van der Waals surface area contributed by atoms with E-state index in [2.05, 4.69) is 40.3 Å². The number of nitrogens with zero attached hydrogens (tertiary/aromatic N) is 1. The van der Waals surface area contributed by atoms with Crippen LogP contribution in [0.15, 0.2) is 22.7 Å². The molecule has 0 unspecified atom stereocenters. The molecule has 0 bridgehead atoms. The summed E-state index contributed by atoms with van der Waals surface area (Å²) in [5.74, 6) is 0. The molecule has 78 valence electrons. The number of halogens is 1. The molecule has 0 aliphatic heterocycles. The molecule has 3 heteroatoms. The van der Waals surface area contributed by atoms with Gasteiger partial charge in [0.1, 0.15) is 0 Å². The van der Waals surface area contributed by atoms with E-state index >= 15 is 0 Å². The minimum absolute atomic E-state index is 0.0838. The van der Waals surface area contributed by atoms with Crippen molar-refractivity contribution < 1.29 is 0 Å². The zero-order valence-electron chi connectivity index (χ0n) is 8.68. The number of benzene rings is 1. The third-order valence-electron chi connectivity index (χ3n) is 2.90. The first-order chi connectivity index (χ1) is 7.15. The number of aryl methyl sites for hydroxylation is 1. The number of nitrogens with one attached hydrogen (secondary N) is 1. The third-order valence-corrected chi connectivity index (χ3v) is 3.39. The van der Waals surface area contributed by atoms with Gasteiger partial charge in [0.15, 0.2) is 0 Å². The van der Waals surface area contributed by atoms with Crippen molar-refractivity contribution in [2.24, 2.45) is 5.41 Å². The van der Waals surface area contributed by atoms with Crippen molar-refractivity contribution in [2.45, 2.75) is 19.8 Å². The van der Waals surface area contributed by atoms with Gasteiger partial charge in [0.2, 0.25) is 0 Å². The van der Waals surface area contributed by atoms with Gasteiger partial charge >= 0.3 is 0 Å². The Labute approximate surface area is 98.4 Å². The minimum Gasteiger partial charge on any atom is -0.383 e. The highest BCUT2D eigenvalue weighted by atomic mass is 79.9. The Morgan fingerprint density at radius 3 is 2.80 bits per heavy atom. The van der Waals surface area contributed by atoms with Gasteiger partial charge in [-0.2, -0.15) is 5.26 Å². The number of hydrogen-bond donors (Lipinski definition) is 1. The molecule has 0 radical (unpaired) electrons. The molecule has 15 heavy (non-hydrogen) atoms. The third kappa shape index (κ3) is 2.32. The van der Waals surface area contributed by atoms with Gasteiger partial charge in [-0.3, -0.25) is 0 Å². The van der Waals surface area contributed by atoms with Crippen molar-refractivity contribution in [3.63, 3.8) is 0 Å². The molecular formula is C12H13BrN2. The first-order valence-corrected chi connectivity index (χ1v) is 5.86. The van der Waals surface area contributed by atoms with Crippen molar-refractivity contribution in [3.05, 3.63) is 28.2 Å².